The van der Waals surface area contributed by atoms with Crippen LogP contribution in [0.15, 0.2) is 12.2 Å². The standard InChI is InChI=1S/C17H30O/c1-14(16-8-3-2-4-9-16)6-5-7-15-10-12-17(18)13-11-15/h2-3,14-18H,4-13H2,1H3. The molecule has 0 amide bonds. The average molecular weight is 250 g/mol. The molecule has 0 bridgehead atoms. The molecule has 2 aliphatic rings. The van der Waals surface area contributed by atoms with E-state index in [4.69, 9.17) is 0 Å². The Balaban J connectivity index is 1.58. The zero-order valence-electron chi connectivity index (χ0n) is 12.0. The van der Waals surface area contributed by atoms with E-state index in [1.165, 1.54) is 51.4 Å². The van der Waals surface area contributed by atoms with Gasteiger partial charge in [-0.1, -0.05) is 38.3 Å². The van der Waals surface area contributed by atoms with Gasteiger partial charge in [-0.05, 0) is 62.7 Å². The van der Waals surface area contributed by atoms with Crippen molar-refractivity contribution in [3.63, 3.8) is 0 Å². The second kappa shape index (κ2) is 7.33. The lowest BCUT2D eigenvalue weighted by molar-refractivity contribution is 0.105. The second-order valence-electron chi connectivity index (χ2n) is 6.63. The van der Waals surface area contributed by atoms with Gasteiger partial charge in [0.15, 0.2) is 0 Å². The van der Waals surface area contributed by atoms with Gasteiger partial charge in [0, 0.05) is 0 Å². The lowest BCUT2D eigenvalue weighted by Crippen LogP contribution is -2.18. The first-order valence-corrected chi connectivity index (χ1v) is 8.08. The van der Waals surface area contributed by atoms with Crippen LogP contribution in [-0.2, 0) is 0 Å². The van der Waals surface area contributed by atoms with Crippen LogP contribution in [0, 0.1) is 17.8 Å². The van der Waals surface area contributed by atoms with Gasteiger partial charge in [0.25, 0.3) is 0 Å². The van der Waals surface area contributed by atoms with E-state index in [1.54, 1.807) is 0 Å². The zero-order valence-corrected chi connectivity index (χ0v) is 12.0. The summed E-state index contributed by atoms with van der Waals surface area (Å²) >= 11 is 0. The van der Waals surface area contributed by atoms with Gasteiger partial charge in [0.1, 0.15) is 0 Å². The molecule has 0 aliphatic heterocycles. The molecule has 0 aromatic carbocycles. The molecule has 2 rings (SSSR count). The number of aliphatic hydroxyl groups excluding tert-OH is 1. The molecule has 2 aliphatic carbocycles. The van der Waals surface area contributed by atoms with Crippen LogP contribution in [0.5, 0.6) is 0 Å². The molecule has 1 fully saturated rings. The minimum Gasteiger partial charge on any atom is -0.393 e. The minimum atomic E-state index is 0.00852. The number of rotatable bonds is 5. The Morgan fingerprint density at radius 2 is 1.89 bits per heavy atom. The first kappa shape index (κ1) is 14.1. The van der Waals surface area contributed by atoms with Crippen LogP contribution in [0.1, 0.15) is 71.1 Å². The highest BCUT2D eigenvalue weighted by Crippen LogP contribution is 2.32. The SMILES string of the molecule is CC(CCCC1CCC(O)CC1)C1CC=CCC1. The van der Waals surface area contributed by atoms with Crippen molar-refractivity contribution >= 4 is 0 Å². The van der Waals surface area contributed by atoms with Crippen molar-refractivity contribution in [2.75, 3.05) is 0 Å². The molecule has 0 aromatic rings. The van der Waals surface area contributed by atoms with E-state index in [-0.39, 0.29) is 6.10 Å². The molecule has 18 heavy (non-hydrogen) atoms. The average Bonchev–Trinajstić information content (AvgIpc) is 2.42. The minimum absolute atomic E-state index is 0.00852. The molecular weight excluding hydrogens is 220 g/mol. The highest BCUT2D eigenvalue weighted by atomic mass is 16.3. The van der Waals surface area contributed by atoms with Crippen molar-refractivity contribution in [2.45, 2.75) is 77.2 Å². The van der Waals surface area contributed by atoms with Crippen molar-refractivity contribution < 1.29 is 5.11 Å². The van der Waals surface area contributed by atoms with E-state index < -0.39 is 0 Å². The van der Waals surface area contributed by atoms with Gasteiger partial charge in [-0.2, -0.15) is 0 Å². The molecule has 0 aromatic heterocycles. The van der Waals surface area contributed by atoms with E-state index in [0.29, 0.717) is 0 Å². The fourth-order valence-corrected chi connectivity index (χ4v) is 3.73. The number of aliphatic hydroxyl groups is 1. The molecule has 0 spiro atoms. The largest absolute Gasteiger partial charge is 0.393 e. The summed E-state index contributed by atoms with van der Waals surface area (Å²) in [4.78, 5) is 0. The molecule has 1 nitrogen and oxygen atoms in total. The summed E-state index contributed by atoms with van der Waals surface area (Å²) in [7, 11) is 0. The summed E-state index contributed by atoms with van der Waals surface area (Å²) in [6.07, 6.45) is 17.6. The summed E-state index contributed by atoms with van der Waals surface area (Å²) < 4.78 is 0. The van der Waals surface area contributed by atoms with Crippen molar-refractivity contribution in [1.82, 2.24) is 0 Å². The summed E-state index contributed by atoms with van der Waals surface area (Å²) in [5.74, 6) is 2.76. The molecule has 0 heterocycles. The van der Waals surface area contributed by atoms with Crippen molar-refractivity contribution in [2.24, 2.45) is 17.8 Å². The van der Waals surface area contributed by atoms with Gasteiger partial charge in [0.2, 0.25) is 0 Å². The smallest absolute Gasteiger partial charge is 0.0540 e. The maximum Gasteiger partial charge on any atom is 0.0540 e. The van der Waals surface area contributed by atoms with Crippen molar-refractivity contribution in [3.05, 3.63) is 12.2 Å². The highest BCUT2D eigenvalue weighted by Gasteiger charge is 2.21. The van der Waals surface area contributed by atoms with Crippen LogP contribution in [0.25, 0.3) is 0 Å². The summed E-state index contributed by atoms with van der Waals surface area (Å²) in [6, 6.07) is 0. The predicted molar refractivity (Wildman–Crippen MR) is 77.5 cm³/mol. The monoisotopic (exact) mass is 250 g/mol. The molecule has 1 heteroatoms. The van der Waals surface area contributed by atoms with Crippen molar-refractivity contribution in [3.8, 4) is 0 Å². The van der Waals surface area contributed by atoms with Crippen molar-refractivity contribution in [1.29, 1.82) is 0 Å². The van der Waals surface area contributed by atoms with Gasteiger partial charge in [-0.25, -0.2) is 0 Å². The van der Waals surface area contributed by atoms with Gasteiger partial charge in [-0.3, -0.25) is 0 Å². The van der Waals surface area contributed by atoms with Crippen LogP contribution in [0.4, 0.5) is 0 Å². The maximum atomic E-state index is 9.50. The third kappa shape index (κ3) is 4.42. The summed E-state index contributed by atoms with van der Waals surface area (Å²) in [5.41, 5.74) is 0. The third-order valence-corrected chi connectivity index (χ3v) is 5.20. The van der Waals surface area contributed by atoms with E-state index in [2.05, 4.69) is 19.1 Å². The predicted octanol–water partition coefficient (Wildman–Crippen LogP) is 4.70. The van der Waals surface area contributed by atoms with Gasteiger partial charge < -0.3 is 5.11 Å². The first-order valence-electron chi connectivity index (χ1n) is 8.08. The summed E-state index contributed by atoms with van der Waals surface area (Å²) in [6.45, 7) is 2.45. The highest BCUT2D eigenvalue weighted by molar-refractivity contribution is 4.91. The lowest BCUT2D eigenvalue weighted by atomic mass is 9.79. The van der Waals surface area contributed by atoms with Crippen LogP contribution >= 0.6 is 0 Å². The first-order chi connectivity index (χ1) is 8.75. The van der Waals surface area contributed by atoms with Crippen LogP contribution in [0.2, 0.25) is 0 Å². The Kier molecular flexibility index (Phi) is 5.75. The van der Waals surface area contributed by atoms with E-state index >= 15 is 0 Å². The Morgan fingerprint density at radius 1 is 1.11 bits per heavy atom. The van der Waals surface area contributed by atoms with Crippen LogP contribution in [0.3, 0.4) is 0 Å². The van der Waals surface area contributed by atoms with Crippen LogP contribution in [-0.4, -0.2) is 11.2 Å². The molecule has 2 unspecified atom stereocenters. The lowest BCUT2D eigenvalue weighted by Gasteiger charge is -2.27. The molecule has 2 atom stereocenters. The molecule has 1 saturated carbocycles. The number of hydrogen-bond acceptors (Lipinski definition) is 1. The fourth-order valence-electron chi connectivity index (χ4n) is 3.73. The van der Waals surface area contributed by atoms with Gasteiger partial charge >= 0.3 is 0 Å². The van der Waals surface area contributed by atoms with Gasteiger partial charge in [0.05, 0.1) is 6.10 Å². The Hall–Kier alpha value is -0.300. The van der Waals surface area contributed by atoms with E-state index in [0.717, 1.165) is 30.6 Å². The Morgan fingerprint density at radius 3 is 2.56 bits per heavy atom. The fraction of sp³-hybridized carbons (Fsp3) is 0.882. The Labute approximate surface area is 113 Å². The molecule has 1 N–H and O–H groups in total. The number of hydrogen-bond donors (Lipinski definition) is 1. The maximum absolute atomic E-state index is 9.50. The molecule has 104 valence electrons. The third-order valence-electron chi connectivity index (χ3n) is 5.20. The van der Waals surface area contributed by atoms with Gasteiger partial charge in [-0.15, -0.1) is 0 Å². The topological polar surface area (TPSA) is 20.2 Å². The normalized spacial score (nSPS) is 34.4. The Bertz CT molecular complexity index is 250. The molecule has 0 radical (unpaired) electrons. The zero-order chi connectivity index (χ0) is 12.8. The summed E-state index contributed by atoms with van der Waals surface area (Å²) in [5, 5.41) is 9.50. The molecule has 0 saturated heterocycles. The quantitative estimate of drug-likeness (QED) is 0.701. The van der Waals surface area contributed by atoms with E-state index in [9.17, 15) is 5.11 Å². The van der Waals surface area contributed by atoms with E-state index in [1.807, 2.05) is 0 Å². The van der Waals surface area contributed by atoms with Crippen LogP contribution < -0.4 is 0 Å². The molecular formula is C17H30O. The number of allylic oxidation sites excluding steroid dienone is 2. The second-order valence-corrected chi connectivity index (χ2v) is 6.63.